The summed E-state index contributed by atoms with van der Waals surface area (Å²) in [4.78, 5) is 4.06. The van der Waals surface area contributed by atoms with Crippen LogP contribution in [-0.4, -0.2) is 4.98 Å². The number of rotatable bonds is 5. The molecule has 0 N–H and O–H groups in total. The van der Waals surface area contributed by atoms with Crippen molar-refractivity contribution < 1.29 is 9.47 Å². The lowest BCUT2D eigenvalue weighted by Crippen LogP contribution is -1.95. The lowest BCUT2D eigenvalue weighted by molar-refractivity contribution is 0.305. The van der Waals surface area contributed by atoms with Gasteiger partial charge in [0.1, 0.15) is 23.9 Å². The zero-order chi connectivity index (χ0) is 14.3. The molecule has 3 heteroatoms. The SMILES string of the molecule is c1ccc(Oc2ccc(OCc3cccnc3)cc2)cc1. The third-order valence-electron chi connectivity index (χ3n) is 2.93. The van der Waals surface area contributed by atoms with Crippen molar-refractivity contribution in [2.45, 2.75) is 6.61 Å². The molecular weight excluding hydrogens is 262 g/mol. The molecular formula is C18H15NO2. The highest BCUT2D eigenvalue weighted by Gasteiger charge is 1.99. The van der Waals surface area contributed by atoms with E-state index < -0.39 is 0 Å². The third kappa shape index (κ3) is 3.83. The standard InChI is InChI=1S/C18H15NO2/c1-2-6-17(7-3-1)21-18-10-8-16(9-11-18)20-14-15-5-4-12-19-13-15/h1-13H,14H2. The second-order valence-corrected chi connectivity index (χ2v) is 4.54. The van der Waals surface area contributed by atoms with Gasteiger partial charge in [0.25, 0.3) is 0 Å². The summed E-state index contributed by atoms with van der Waals surface area (Å²) in [7, 11) is 0. The maximum atomic E-state index is 5.73. The molecule has 0 amide bonds. The number of hydrogen-bond acceptors (Lipinski definition) is 3. The first kappa shape index (κ1) is 13.2. The summed E-state index contributed by atoms with van der Waals surface area (Å²) in [6.45, 7) is 0.507. The summed E-state index contributed by atoms with van der Waals surface area (Å²) in [6.07, 6.45) is 3.55. The maximum Gasteiger partial charge on any atom is 0.127 e. The highest BCUT2D eigenvalue weighted by Crippen LogP contribution is 2.23. The third-order valence-corrected chi connectivity index (χ3v) is 2.93. The van der Waals surface area contributed by atoms with Gasteiger partial charge < -0.3 is 9.47 Å². The predicted octanol–water partition coefficient (Wildman–Crippen LogP) is 4.45. The van der Waals surface area contributed by atoms with E-state index in [1.165, 1.54) is 0 Å². The van der Waals surface area contributed by atoms with Gasteiger partial charge in [0.15, 0.2) is 0 Å². The number of pyridine rings is 1. The molecule has 0 unspecified atom stereocenters. The average Bonchev–Trinajstić information content (AvgIpc) is 2.56. The molecule has 3 rings (SSSR count). The van der Waals surface area contributed by atoms with Gasteiger partial charge in [0, 0.05) is 18.0 Å². The van der Waals surface area contributed by atoms with E-state index in [0.717, 1.165) is 22.8 Å². The quantitative estimate of drug-likeness (QED) is 0.690. The number of hydrogen-bond donors (Lipinski definition) is 0. The molecule has 1 aromatic heterocycles. The molecule has 0 saturated carbocycles. The molecule has 0 aliphatic heterocycles. The van der Waals surface area contributed by atoms with E-state index in [2.05, 4.69) is 4.98 Å². The zero-order valence-corrected chi connectivity index (χ0v) is 11.5. The maximum absolute atomic E-state index is 5.73. The van der Waals surface area contributed by atoms with Crippen molar-refractivity contribution in [2.75, 3.05) is 0 Å². The van der Waals surface area contributed by atoms with Crippen LogP contribution in [0.2, 0.25) is 0 Å². The lowest BCUT2D eigenvalue weighted by Gasteiger charge is -2.08. The summed E-state index contributed by atoms with van der Waals surface area (Å²) in [5, 5.41) is 0. The van der Waals surface area contributed by atoms with E-state index in [4.69, 9.17) is 9.47 Å². The number of benzene rings is 2. The highest BCUT2D eigenvalue weighted by molar-refractivity contribution is 5.35. The van der Waals surface area contributed by atoms with Crippen LogP contribution in [0, 0.1) is 0 Å². The van der Waals surface area contributed by atoms with Crippen molar-refractivity contribution in [3.63, 3.8) is 0 Å². The van der Waals surface area contributed by atoms with Gasteiger partial charge in [0.05, 0.1) is 0 Å². The number of ether oxygens (including phenoxy) is 2. The Morgan fingerprint density at radius 1 is 0.714 bits per heavy atom. The molecule has 2 aromatic carbocycles. The van der Waals surface area contributed by atoms with Crippen LogP contribution in [0.15, 0.2) is 79.1 Å². The highest BCUT2D eigenvalue weighted by atomic mass is 16.5. The monoisotopic (exact) mass is 277 g/mol. The molecule has 21 heavy (non-hydrogen) atoms. The summed E-state index contributed by atoms with van der Waals surface area (Å²) in [6, 6.07) is 21.2. The van der Waals surface area contributed by atoms with E-state index in [9.17, 15) is 0 Å². The van der Waals surface area contributed by atoms with Crippen molar-refractivity contribution in [2.24, 2.45) is 0 Å². The van der Waals surface area contributed by atoms with Crippen LogP contribution in [-0.2, 0) is 6.61 Å². The van der Waals surface area contributed by atoms with Crippen molar-refractivity contribution in [3.05, 3.63) is 84.7 Å². The summed E-state index contributed by atoms with van der Waals surface area (Å²) >= 11 is 0. The van der Waals surface area contributed by atoms with Crippen molar-refractivity contribution in [3.8, 4) is 17.2 Å². The number of para-hydroxylation sites is 1. The molecule has 0 spiro atoms. The van der Waals surface area contributed by atoms with E-state index in [1.807, 2.05) is 66.7 Å². The van der Waals surface area contributed by atoms with Crippen molar-refractivity contribution >= 4 is 0 Å². The molecule has 0 aliphatic carbocycles. The molecule has 0 saturated heterocycles. The first-order valence-electron chi connectivity index (χ1n) is 6.75. The second-order valence-electron chi connectivity index (χ2n) is 4.54. The summed E-state index contributed by atoms with van der Waals surface area (Å²) in [5.41, 5.74) is 1.04. The smallest absolute Gasteiger partial charge is 0.127 e. The van der Waals surface area contributed by atoms with Crippen LogP contribution in [0.5, 0.6) is 17.2 Å². The molecule has 1 heterocycles. The summed E-state index contributed by atoms with van der Waals surface area (Å²) < 4.78 is 11.4. The summed E-state index contributed by atoms with van der Waals surface area (Å²) in [5.74, 6) is 2.41. The Hall–Kier alpha value is -2.81. The first-order chi connectivity index (χ1) is 10.4. The Morgan fingerprint density at radius 2 is 1.43 bits per heavy atom. The van der Waals surface area contributed by atoms with Crippen LogP contribution in [0.3, 0.4) is 0 Å². The van der Waals surface area contributed by atoms with Gasteiger partial charge in [0.2, 0.25) is 0 Å². The van der Waals surface area contributed by atoms with Gasteiger partial charge >= 0.3 is 0 Å². The fourth-order valence-corrected chi connectivity index (χ4v) is 1.88. The number of aromatic nitrogens is 1. The topological polar surface area (TPSA) is 31.4 Å². The normalized spacial score (nSPS) is 10.1. The lowest BCUT2D eigenvalue weighted by atomic mass is 10.3. The van der Waals surface area contributed by atoms with E-state index >= 15 is 0 Å². The molecule has 0 bridgehead atoms. The molecule has 0 aliphatic rings. The van der Waals surface area contributed by atoms with Crippen LogP contribution in [0.4, 0.5) is 0 Å². The minimum absolute atomic E-state index is 0.507. The molecule has 0 fully saturated rings. The first-order valence-corrected chi connectivity index (χ1v) is 6.75. The largest absolute Gasteiger partial charge is 0.489 e. The van der Waals surface area contributed by atoms with Gasteiger partial charge in [-0.3, -0.25) is 4.98 Å². The van der Waals surface area contributed by atoms with Crippen LogP contribution < -0.4 is 9.47 Å². The molecule has 3 nitrogen and oxygen atoms in total. The molecule has 0 atom stereocenters. The second kappa shape index (κ2) is 6.57. The van der Waals surface area contributed by atoms with Gasteiger partial charge in [-0.15, -0.1) is 0 Å². The van der Waals surface area contributed by atoms with Gasteiger partial charge in [-0.1, -0.05) is 24.3 Å². The van der Waals surface area contributed by atoms with Crippen LogP contribution in [0.25, 0.3) is 0 Å². The Labute approximate surface area is 123 Å². The van der Waals surface area contributed by atoms with Gasteiger partial charge in [-0.2, -0.15) is 0 Å². The Balaban J connectivity index is 1.59. The van der Waals surface area contributed by atoms with Crippen molar-refractivity contribution in [1.82, 2.24) is 4.98 Å². The van der Waals surface area contributed by atoms with E-state index in [1.54, 1.807) is 12.4 Å². The zero-order valence-electron chi connectivity index (χ0n) is 11.5. The van der Waals surface area contributed by atoms with E-state index in [0.29, 0.717) is 6.61 Å². The van der Waals surface area contributed by atoms with Crippen LogP contribution in [0.1, 0.15) is 5.56 Å². The van der Waals surface area contributed by atoms with Gasteiger partial charge in [-0.05, 0) is 42.5 Å². The molecule has 3 aromatic rings. The Morgan fingerprint density at radius 3 is 2.14 bits per heavy atom. The van der Waals surface area contributed by atoms with Crippen LogP contribution >= 0.6 is 0 Å². The fourth-order valence-electron chi connectivity index (χ4n) is 1.88. The van der Waals surface area contributed by atoms with Crippen molar-refractivity contribution in [1.29, 1.82) is 0 Å². The average molecular weight is 277 g/mol. The minimum atomic E-state index is 0.507. The van der Waals surface area contributed by atoms with E-state index in [-0.39, 0.29) is 0 Å². The molecule has 104 valence electrons. The fraction of sp³-hybridized carbons (Fsp3) is 0.0556. The Bertz CT molecular complexity index is 667. The predicted molar refractivity (Wildman–Crippen MR) is 81.5 cm³/mol. The Kier molecular flexibility index (Phi) is 4.12. The number of nitrogens with zero attached hydrogens (tertiary/aromatic N) is 1. The van der Waals surface area contributed by atoms with Gasteiger partial charge in [-0.25, -0.2) is 0 Å². The molecule has 0 radical (unpaired) electrons. The minimum Gasteiger partial charge on any atom is -0.489 e.